The molecule has 42 heavy (non-hydrogen) atoms. The second-order valence-corrected chi connectivity index (χ2v) is 12.0. The fraction of sp³-hybridized carbons (Fsp3) is 0.379. The molecule has 0 amide bonds. The lowest BCUT2D eigenvalue weighted by atomic mass is 9.96. The molecule has 13 heteroatoms. The monoisotopic (exact) mass is 593 g/mol. The summed E-state index contributed by atoms with van der Waals surface area (Å²) in [5.41, 5.74) is 0.792. The van der Waals surface area contributed by atoms with E-state index in [4.69, 9.17) is 11.6 Å². The van der Waals surface area contributed by atoms with Gasteiger partial charge in [0.15, 0.2) is 5.69 Å². The van der Waals surface area contributed by atoms with Crippen molar-refractivity contribution in [2.45, 2.75) is 58.5 Å². The molecule has 216 valence electrons. The van der Waals surface area contributed by atoms with Crippen LogP contribution in [0.3, 0.4) is 0 Å². The van der Waals surface area contributed by atoms with Crippen molar-refractivity contribution < 1.29 is 13.2 Å². The van der Waals surface area contributed by atoms with Crippen molar-refractivity contribution in [3.8, 4) is 12.1 Å². The molecule has 9 nitrogen and oxygen atoms in total. The molecule has 0 spiro atoms. The Bertz CT molecular complexity index is 1760. The zero-order valence-corrected chi connectivity index (χ0v) is 24.1. The van der Waals surface area contributed by atoms with Gasteiger partial charge in [0.05, 0.1) is 21.8 Å². The summed E-state index contributed by atoms with van der Waals surface area (Å²) in [4.78, 5) is 8.30. The topological polar surface area (TPSA) is 128 Å². The van der Waals surface area contributed by atoms with E-state index in [1.807, 2.05) is 6.07 Å². The van der Waals surface area contributed by atoms with Gasteiger partial charge in [-0.25, -0.2) is 18.4 Å². The molecule has 1 aliphatic carbocycles. The minimum absolute atomic E-state index is 0.0761. The molecule has 1 atom stereocenters. The third-order valence-electron chi connectivity index (χ3n) is 7.22. The van der Waals surface area contributed by atoms with Gasteiger partial charge >= 0.3 is 0 Å². The van der Waals surface area contributed by atoms with Crippen LogP contribution in [0.25, 0.3) is 10.9 Å². The number of rotatable bonds is 8. The smallest absolute Gasteiger partial charge is 0.263 e. The number of hydrogen-bond acceptors (Lipinski definition) is 8. The predicted molar refractivity (Wildman–Crippen MR) is 152 cm³/mol. The van der Waals surface area contributed by atoms with E-state index < -0.39 is 24.0 Å². The van der Waals surface area contributed by atoms with E-state index in [0.717, 1.165) is 4.68 Å². The van der Waals surface area contributed by atoms with Crippen LogP contribution in [0, 0.1) is 40.9 Å². The van der Waals surface area contributed by atoms with Gasteiger partial charge in [-0.05, 0) is 43.4 Å². The SMILES string of the molecule is Cc1nc(F)ccc1[C@H](Nc1cc(Cl)c2ncc(C#N)c(NCC(C)(C)C)c2c1)c1nnn(C2(C(F)F)CC2)c1C#N. The summed E-state index contributed by atoms with van der Waals surface area (Å²) in [7, 11) is 0. The number of aryl methyl sites for hydroxylation is 1. The number of nitrogens with zero attached hydrogens (tertiary/aromatic N) is 7. The number of halogens is 4. The quantitative estimate of drug-likeness (QED) is 0.222. The highest BCUT2D eigenvalue weighted by atomic mass is 35.5. The molecule has 0 unspecified atom stereocenters. The largest absolute Gasteiger partial charge is 0.383 e. The molecule has 1 aliphatic rings. The second-order valence-electron chi connectivity index (χ2n) is 11.6. The third kappa shape index (κ3) is 5.30. The average molecular weight is 594 g/mol. The molecule has 1 aromatic carbocycles. The number of benzene rings is 1. The highest BCUT2D eigenvalue weighted by Crippen LogP contribution is 2.49. The van der Waals surface area contributed by atoms with E-state index in [2.05, 4.69) is 57.8 Å². The summed E-state index contributed by atoms with van der Waals surface area (Å²) < 4.78 is 42.9. The van der Waals surface area contributed by atoms with Crippen molar-refractivity contribution in [3.05, 3.63) is 69.6 Å². The maximum absolute atomic E-state index is 14.0. The first-order valence-corrected chi connectivity index (χ1v) is 13.6. The van der Waals surface area contributed by atoms with Gasteiger partial charge in [-0.2, -0.15) is 14.9 Å². The van der Waals surface area contributed by atoms with Gasteiger partial charge in [-0.3, -0.25) is 4.98 Å². The number of fused-ring (bicyclic) bond motifs is 1. The van der Waals surface area contributed by atoms with Crippen molar-refractivity contribution in [2.24, 2.45) is 5.41 Å². The summed E-state index contributed by atoms with van der Waals surface area (Å²) in [6.07, 6.45) is -0.955. The number of nitrogens with one attached hydrogen (secondary N) is 2. The Morgan fingerprint density at radius 3 is 2.50 bits per heavy atom. The van der Waals surface area contributed by atoms with Crippen molar-refractivity contribution in [1.82, 2.24) is 25.0 Å². The van der Waals surface area contributed by atoms with Crippen LogP contribution < -0.4 is 10.6 Å². The van der Waals surface area contributed by atoms with Crippen LogP contribution in [0.15, 0.2) is 30.5 Å². The van der Waals surface area contributed by atoms with Crippen molar-refractivity contribution >= 4 is 33.9 Å². The number of aromatic nitrogens is 5. The Morgan fingerprint density at radius 2 is 1.90 bits per heavy atom. The third-order valence-corrected chi connectivity index (χ3v) is 7.51. The summed E-state index contributed by atoms with van der Waals surface area (Å²) >= 11 is 6.67. The summed E-state index contributed by atoms with van der Waals surface area (Å²) in [6.45, 7) is 8.31. The molecule has 3 heterocycles. The van der Waals surface area contributed by atoms with Crippen LogP contribution in [0.2, 0.25) is 5.02 Å². The van der Waals surface area contributed by atoms with Crippen LogP contribution in [-0.2, 0) is 5.54 Å². The molecule has 5 rings (SSSR count). The van der Waals surface area contributed by atoms with Gasteiger partial charge in [-0.1, -0.05) is 43.7 Å². The number of anilines is 2. The Labute approximate surface area is 245 Å². The first kappa shape index (κ1) is 29.1. The highest BCUT2D eigenvalue weighted by Gasteiger charge is 2.55. The molecule has 0 aliphatic heterocycles. The Kier molecular flexibility index (Phi) is 7.46. The molecule has 4 aromatic rings. The molecule has 0 radical (unpaired) electrons. The Morgan fingerprint density at radius 1 is 1.17 bits per heavy atom. The Balaban J connectivity index is 1.66. The van der Waals surface area contributed by atoms with Crippen molar-refractivity contribution in [1.29, 1.82) is 10.5 Å². The fourth-order valence-corrected chi connectivity index (χ4v) is 5.10. The van der Waals surface area contributed by atoms with Crippen LogP contribution in [0.5, 0.6) is 0 Å². The van der Waals surface area contributed by atoms with Gasteiger partial charge in [0.1, 0.15) is 29.4 Å². The molecule has 3 aromatic heterocycles. The van der Waals surface area contributed by atoms with E-state index in [9.17, 15) is 23.7 Å². The number of alkyl halides is 2. The fourth-order valence-electron chi connectivity index (χ4n) is 4.83. The van der Waals surface area contributed by atoms with E-state index in [0.29, 0.717) is 45.6 Å². The minimum atomic E-state index is -2.74. The van der Waals surface area contributed by atoms with Crippen LogP contribution in [0.1, 0.15) is 67.9 Å². The summed E-state index contributed by atoms with van der Waals surface area (Å²) in [5.74, 6) is -0.702. The average Bonchev–Trinajstić information content (AvgIpc) is 3.63. The zero-order chi connectivity index (χ0) is 30.4. The van der Waals surface area contributed by atoms with Crippen LogP contribution >= 0.6 is 11.6 Å². The summed E-state index contributed by atoms with van der Waals surface area (Å²) in [5, 5.41) is 35.5. The van der Waals surface area contributed by atoms with Gasteiger partial charge in [0, 0.05) is 35.1 Å². The van der Waals surface area contributed by atoms with E-state index in [1.165, 1.54) is 18.3 Å². The van der Waals surface area contributed by atoms with Crippen LogP contribution in [0.4, 0.5) is 24.5 Å². The van der Waals surface area contributed by atoms with Gasteiger partial charge in [0.25, 0.3) is 6.43 Å². The molecular formula is C29H27ClF3N9. The lowest BCUT2D eigenvalue weighted by Gasteiger charge is -2.23. The van der Waals surface area contributed by atoms with Crippen molar-refractivity contribution in [3.63, 3.8) is 0 Å². The van der Waals surface area contributed by atoms with Gasteiger partial charge in [0.2, 0.25) is 5.95 Å². The number of pyridine rings is 2. The first-order chi connectivity index (χ1) is 19.9. The lowest BCUT2D eigenvalue weighted by Crippen LogP contribution is -2.28. The first-order valence-electron chi connectivity index (χ1n) is 13.2. The number of nitriles is 2. The normalized spacial score (nSPS) is 14.8. The van der Waals surface area contributed by atoms with Gasteiger partial charge in [-0.15, -0.1) is 5.10 Å². The molecule has 2 N–H and O–H groups in total. The molecular weight excluding hydrogens is 567 g/mol. The van der Waals surface area contributed by atoms with E-state index in [1.54, 1.807) is 19.1 Å². The van der Waals surface area contributed by atoms with E-state index in [-0.39, 0.29) is 34.7 Å². The molecule has 0 bridgehead atoms. The second kappa shape index (κ2) is 10.8. The van der Waals surface area contributed by atoms with E-state index >= 15 is 0 Å². The summed E-state index contributed by atoms with van der Waals surface area (Å²) in [6, 6.07) is 9.24. The molecule has 1 fully saturated rings. The molecule has 0 saturated heterocycles. The lowest BCUT2D eigenvalue weighted by molar-refractivity contribution is 0.0588. The Hall–Kier alpha value is -4.42. The van der Waals surface area contributed by atoms with Crippen LogP contribution in [-0.4, -0.2) is 37.9 Å². The van der Waals surface area contributed by atoms with Gasteiger partial charge < -0.3 is 10.6 Å². The zero-order valence-electron chi connectivity index (χ0n) is 23.3. The van der Waals surface area contributed by atoms with Crippen molar-refractivity contribution in [2.75, 3.05) is 17.2 Å². The maximum atomic E-state index is 14.0. The predicted octanol–water partition coefficient (Wildman–Crippen LogP) is 6.48. The minimum Gasteiger partial charge on any atom is -0.383 e. The highest BCUT2D eigenvalue weighted by molar-refractivity contribution is 6.35. The maximum Gasteiger partial charge on any atom is 0.263 e. The molecule has 1 saturated carbocycles. The standard InChI is InChI=1S/C29H27ClF3N9/c1-15-18(5-6-22(31)38-15)25(26-21(12-35)42(41-40-26)29(7-8-29)27(32)33)39-17-9-19-23(37-14-28(2,3)4)16(11-34)13-36-24(19)20(30)10-17/h5-6,9-10,13,25,27,39H,7-8,14H2,1-4H3,(H,36,37)/t25-/m0/s1. The number of hydrogen-bond donors (Lipinski definition) is 2.